The number of carbonyl (C=O) groups is 2. The number of ether oxygens (including phenoxy) is 1. The number of rotatable bonds is 5. The smallest absolute Gasteiger partial charge is 0.397 e. The Balaban J connectivity index is 1.75. The molecule has 7 heteroatoms. The van der Waals surface area contributed by atoms with E-state index in [2.05, 4.69) is 15.0 Å². The first-order valence-electron chi connectivity index (χ1n) is 8.78. The molecule has 1 heterocycles. The zero-order valence-corrected chi connectivity index (χ0v) is 16.3. The third kappa shape index (κ3) is 4.43. The Hall–Kier alpha value is -3.06. The van der Waals surface area contributed by atoms with Gasteiger partial charge in [-0.2, -0.15) is 0 Å². The highest BCUT2D eigenvalue weighted by molar-refractivity contribution is 7.14. The van der Waals surface area contributed by atoms with Gasteiger partial charge in [0.1, 0.15) is 5.82 Å². The number of esters is 1. The van der Waals surface area contributed by atoms with Gasteiger partial charge in [-0.3, -0.25) is 10.1 Å². The Labute approximate surface area is 166 Å². The Morgan fingerprint density at radius 2 is 1.96 bits per heavy atom. The van der Waals surface area contributed by atoms with Crippen LogP contribution in [0.1, 0.15) is 31.0 Å². The lowest BCUT2D eigenvalue weighted by Crippen LogP contribution is -2.24. The second-order valence-electron chi connectivity index (χ2n) is 6.08. The minimum absolute atomic E-state index is 0.122. The van der Waals surface area contributed by atoms with E-state index in [0.717, 1.165) is 11.1 Å². The van der Waals surface area contributed by atoms with Gasteiger partial charge in [-0.05, 0) is 24.1 Å². The van der Waals surface area contributed by atoms with Crippen LogP contribution in [0.2, 0.25) is 0 Å². The fourth-order valence-electron chi connectivity index (χ4n) is 2.71. The summed E-state index contributed by atoms with van der Waals surface area (Å²) >= 11 is 1.20. The van der Waals surface area contributed by atoms with Crippen molar-refractivity contribution >= 4 is 28.3 Å². The molecule has 0 saturated heterocycles. The SMILES string of the molecule is CCOC(=O)C(=O)Nc1nc(C(C)c2ccc(-c3ccccc3)c(F)c2)cs1. The van der Waals surface area contributed by atoms with Gasteiger partial charge < -0.3 is 4.74 Å². The summed E-state index contributed by atoms with van der Waals surface area (Å²) in [7, 11) is 0. The van der Waals surface area contributed by atoms with Crippen LogP contribution in [0, 0.1) is 5.82 Å². The van der Waals surface area contributed by atoms with Crippen molar-refractivity contribution in [2.75, 3.05) is 11.9 Å². The number of anilines is 1. The summed E-state index contributed by atoms with van der Waals surface area (Å²) in [4.78, 5) is 27.4. The summed E-state index contributed by atoms with van der Waals surface area (Å²) in [6.45, 7) is 3.65. The summed E-state index contributed by atoms with van der Waals surface area (Å²) in [6, 6.07) is 14.5. The first-order chi connectivity index (χ1) is 13.5. The molecule has 0 spiro atoms. The molecule has 0 fully saturated rings. The van der Waals surface area contributed by atoms with Crippen molar-refractivity contribution in [2.24, 2.45) is 0 Å². The standard InChI is InChI=1S/C21H19FN2O3S/c1-3-27-20(26)19(25)24-21-23-18(12-28-21)13(2)15-9-10-16(17(22)11-15)14-7-5-4-6-8-14/h4-13H,3H2,1-2H3,(H,23,24,25). The highest BCUT2D eigenvalue weighted by Gasteiger charge is 2.19. The van der Waals surface area contributed by atoms with Crippen molar-refractivity contribution in [2.45, 2.75) is 19.8 Å². The fourth-order valence-corrected chi connectivity index (χ4v) is 3.51. The number of amides is 1. The molecule has 3 rings (SSSR count). The highest BCUT2D eigenvalue weighted by atomic mass is 32.1. The maximum absolute atomic E-state index is 14.6. The van der Waals surface area contributed by atoms with Crippen molar-refractivity contribution < 1.29 is 18.7 Å². The van der Waals surface area contributed by atoms with Gasteiger partial charge in [0.25, 0.3) is 0 Å². The van der Waals surface area contributed by atoms with E-state index in [1.54, 1.807) is 18.4 Å². The van der Waals surface area contributed by atoms with Crippen LogP contribution < -0.4 is 5.32 Å². The quantitative estimate of drug-likeness (QED) is 0.504. The zero-order chi connectivity index (χ0) is 20.1. The van der Waals surface area contributed by atoms with E-state index >= 15 is 0 Å². The van der Waals surface area contributed by atoms with Crippen LogP contribution in [-0.4, -0.2) is 23.5 Å². The monoisotopic (exact) mass is 398 g/mol. The molecule has 1 unspecified atom stereocenters. The van der Waals surface area contributed by atoms with Crippen LogP contribution in [0.25, 0.3) is 11.1 Å². The van der Waals surface area contributed by atoms with E-state index in [1.165, 1.54) is 17.4 Å². The zero-order valence-electron chi connectivity index (χ0n) is 15.4. The van der Waals surface area contributed by atoms with Crippen molar-refractivity contribution in [3.63, 3.8) is 0 Å². The summed E-state index contributed by atoms with van der Waals surface area (Å²) in [5.74, 6) is -2.30. The third-order valence-electron chi connectivity index (χ3n) is 4.22. The molecule has 1 amide bonds. The maximum Gasteiger partial charge on any atom is 0.397 e. The number of nitrogens with zero attached hydrogens (tertiary/aromatic N) is 1. The minimum Gasteiger partial charge on any atom is -0.459 e. The molecule has 28 heavy (non-hydrogen) atoms. The van der Waals surface area contributed by atoms with Gasteiger partial charge in [-0.25, -0.2) is 14.2 Å². The maximum atomic E-state index is 14.6. The Morgan fingerprint density at radius 1 is 1.21 bits per heavy atom. The average molecular weight is 398 g/mol. The van der Waals surface area contributed by atoms with Crippen LogP contribution >= 0.6 is 11.3 Å². The van der Waals surface area contributed by atoms with Crippen LogP contribution in [0.4, 0.5) is 9.52 Å². The topological polar surface area (TPSA) is 68.3 Å². The van der Waals surface area contributed by atoms with Crippen molar-refractivity contribution in [3.8, 4) is 11.1 Å². The summed E-state index contributed by atoms with van der Waals surface area (Å²) in [6.07, 6.45) is 0. The summed E-state index contributed by atoms with van der Waals surface area (Å²) in [5.41, 5.74) is 2.80. The molecular weight excluding hydrogens is 379 g/mol. The predicted octanol–water partition coefficient (Wildman–Crippen LogP) is 4.60. The number of halogens is 1. The Bertz CT molecular complexity index is 988. The predicted molar refractivity (Wildman–Crippen MR) is 107 cm³/mol. The lowest BCUT2D eigenvalue weighted by atomic mass is 9.95. The van der Waals surface area contributed by atoms with Crippen LogP contribution in [-0.2, 0) is 14.3 Å². The number of carbonyl (C=O) groups excluding carboxylic acids is 2. The lowest BCUT2D eigenvalue weighted by molar-refractivity contribution is -0.152. The lowest BCUT2D eigenvalue weighted by Gasteiger charge is -2.11. The van der Waals surface area contributed by atoms with Crippen molar-refractivity contribution in [1.29, 1.82) is 0 Å². The second kappa shape index (κ2) is 8.75. The number of thiazole rings is 1. The van der Waals surface area contributed by atoms with Gasteiger partial charge in [-0.15, -0.1) is 11.3 Å². The molecule has 2 aromatic carbocycles. The molecule has 5 nitrogen and oxygen atoms in total. The number of benzene rings is 2. The number of hydrogen-bond donors (Lipinski definition) is 1. The molecule has 0 radical (unpaired) electrons. The van der Waals surface area contributed by atoms with Crippen LogP contribution in [0.5, 0.6) is 0 Å². The van der Waals surface area contributed by atoms with Crippen LogP contribution in [0.15, 0.2) is 53.9 Å². The Morgan fingerprint density at radius 3 is 2.64 bits per heavy atom. The van der Waals surface area contributed by atoms with E-state index in [9.17, 15) is 14.0 Å². The summed E-state index contributed by atoms with van der Waals surface area (Å²) in [5, 5.41) is 4.48. The molecule has 1 aromatic heterocycles. The normalized spacial score (nSPS) is 11.7. The molecule has 144 valence electrons. The molecule has 0 aliphatic carbocycles. The van der Waals surface area contributed by atoms with Gasteiger partial charge in [0.2, 0.25) is 0 Å². The van der Waals surface area contributed by atoms with Crippen molar-refractivity contribution in [3.05, 3.63) is 71.0 Å². The number of aromatic nitrogens is 1. The molecule has 0 bridgehead atoms. The van der Waals surface area contributed by atoms with E-state index in [0.29, 0.717) is 16.4 Å². The highest BCUT2D eigenvalue weighted by Crippen LogP contribution is 2.31. The molecule has 0 saturated carbocycles. The molecule has 1 atom stereocenters. The first-order valence-corrected chi connectivity index (χ1v) is 9.66. The molecule has 0 aliphatic heterocycles. The molecule has 0 aliphatic rings. The van der Waals surface area contributed by atoms with E-state index in [1.807, 2.05) is 43.3 Å². The molecular formula is C21H19FN2O3S. The van der Waals surface area contributed by atoms with Gasteiger partial charge in [0, 0.05) is 16.9 Å². The average Bonchev–Trinajstić information content (AvgIpc) is 3.16. The fraction of sp³-hybridized carbons (Fsp3) is 0.190. The minimum atomic E-state index is -0.953. The third-order valence-corrected chi connectivity index (χ3v) is 5.00. The second-order valence-corrected chi connectivity index (χ2v) is 6.94. The summed E-state index contributed by atoms with van der Waals surface area (Å²) < 4.78 is 19.3. The van der Waals surface area contributed by atoms with Gasteiger partial charge in [-0.1, -0.05) is 49.4 Å². The largest absolute Gasteiger partial charge is 0.459 e. The van der Waals surface area contributed by atoms with Gasteiger partial charge >= 0.3 is 11.9 Å². The van der Waals surface area contributed by atoms with Gasteiger partial charge in [0.05, 0.1) is 12.3 Å². The van der Waals surface area contributed by atoms with E-state index in [-0.39, 0.29) is 18.3 Å². The number of hydrogen-bond acceptors (Lipinski definition) is 5. The van der Waals surface area contributed by atoms with E-state index < -0.39 is 11.9 Å². The van der Waals surface area contributed by atoms with E-state index in [4.69, 9.17) is 0 Å². The number of nitrogens with one attached hydrogen (secondary N) is 1. The molecule has 3 aromatic rings. The first kappa shape index (κ1) is 19.7. The Kier molecular flexibility index (Phi) is 6.16. The molecule has 1 N–H and O–H groups in total. The van der Waals surface area contributed by atoms with Crippen LogP contribution in [0.3, 0.4) is 0 Å². The van der Waals surface area contributed by atoms with Crippen molar-refractivity contribution in [1.82, 2.24) is 4.98 Å². The van der Waals surface area contributed by atoms with Gasteiger partial charge in [0.15, 0.2) is 5.13 Å².